The Kier molecular flexibility index (Phi) is 6.85. The lowest BCUT2D eigenvalue weighted by atomic mass is 10.2. The van der Waals surface area contributed by atoms with Crippen LogP contribution in [0.3, 0.4) is 0 Å². The number of thiophene rings is 1. The monoisotopic (exact) mass is 458 g/mol. The molecular formula is C17H22N4O5S3. The third kappa shape index (κ3) is 4.93. The molecule has 2 aromatic rings. The summed E-state index contributed by atoms with van der Waals surface area (Å²) in [4.78, 5) is 27.8. The molecule has 0 spiro atoms. The fraction of sp³-hybridized carbons (Fsp3) is 0.529. The summed E-state index contributed by atoms with van der Waals surface area (Å²) in [6.45, 7) is 2.20. The van der Waals surface area contributed by atoms with Crippen LogP contribution in [0.25, 0.3) is 0 Å². The first-order valence-electron chi connectivity index (χ1n) is 9.18. The minimum atomic E-state index is -3.57. The molecule has 158 valence electrons. The molecule has 1 fully saturated rings. The molecule has 1 aliphatic heterocycles. The topological polar surface area (TPSA) is 110 Å². The second kappa shape index (κ2) is 9.18. The van der Waals surface area contributed by atoms with Gasteiger partial charge in [-0.2, -0.15) is 0 Å². The zero-order chi connectivity index (χ0) is 21.0. The molecule has 1 atom stereocenters. The zero-order valence-electron chi connectivity index (χ0n) is 16.1. The second-order valence-corrected chi connectivity index (χ2v) is 10.8. The fourth-order valence-corrected chi connectivity index (χ4v) is 5.93. The van der Waals surface area contributed by atoms with E-state index >= 15 is 0 Å². The Labute approximate surface area is 177 Å². The lowest BCUT2D eigenvalue weighted by Gasteiger charge is -2.19. The Bertz CT molecular complexity index is 958. The van der Waals surface area contributed by atoms with Gasteiger partial charge in [-0.1, -0.05) is 43.6 Å². The number of hydrogen-bond donors (Lipinski definition) is 0. The number of urea groups is 1. The van der Waals surface area contributed by atoms with Crippen molar-refractivity contribution in [3.63, 3.8) is 0 Å². The molecule has 0 N–H and O–H groups in total. The Balaban J connectivity index is 1.75. The van der Waals surface area contributed by atoms with Crippen molar-refractivity contribution in [3.05, 3.63) is 22.4 Å². The summed E-state index contributed by atoms with van der Waals surface area (Å²) in [7, 11) is -2.00. The van der Waals surface area contributed by atoms with Crippen LogP contribution in [0.15, 0.2) is 21.9 Å². The highest BCUT2D eigenvalue weighted by Gasteiger charge is 2.41. The Hall–Kier alpha value is -2.05. The van der Waals surface area contributed by atoms with Gasteiger partial charge in [-0.15, -0.1) is 21.5 Å². The van der Waals surface area contributed by atoms with Gasteiger partial charge in [0.1, 0.15) is 4.88 Å². The summed E-state index contributed by atoms with van der Waals surface area (Å²) in [6, 6.07) is 2.93. The van der Waals surface area contributed by atoms with Gasteiger partial charge in [-0.3, -0.25) is 0 Å². The van der Waals surface area contributed by atoms with Crippen molar-refractivity contribution in [1.82, 2.24) is 15.1 Å². The molecule has 2 aromatic heterocycles. The molecule has 0 aliphatic carbocycles. The van der Waals surface area contributed by atoms with Crippen LogP contribution in [0, 0.1) is 0 Å². The normalized spacial score (nSPS) is 17.2. The van der Waals surface area contributed by atoms with E-state index in [-0.39, 0.29) is 21.8 Å². The predicted octanol–water partition coefficient (Wildman–Crippen LogP) is 3.01. The highest BCUT2D eigenvalue weighted by molar-refractivity contribution is 7.93. The van der Waals surface area contributed by atoms with Gasteiger partial charge in [0.2, 0.25) is 25.5 Å². The minimum absolute atomic E-state index is 0.00766. The van der Waals surface area contributed by atoms with Gasteiger partial charge in [0.25, 0.3) is 0 Å². The largest absolute Gasteiger partial charge is 0.435 e. The Morgan fingerprint density at radius 1 is 1.31 bits per heavy atom. The van der Waals surface area contributed by atoms with E-state index in [1.54, 1.807) is 24.6 Å². The zero-order valence-corrected chi connectivity index (χ0v) is 18.6. The van der Waals surface area contributed by atoms with E-state index in [0.717, 1.165) is 30.6 Å². The van der Waals surface area contributed by atoms with Crippen molar-refractivity contribution in [2.45, 2.75) is 43.2 Å². The van der Waals surface area contributed by atoms with E-state index in [1.807, 2.05) is 0 Å². The summed E-state index contributed by atoms with van der Waals surface area (Å²) in [5.41, 5.74) is 0. The smallest absolute Gasteiger partial charge is 0.350 e. The molecule has 0 radical (unpaired) electrons. The van der Waals surface area contributed by atoms with Crippen LogP contribution in [0.4, 0.5) is 9.93 Å². The van der Waals surface area contributed by atoms with Gasteiger partial charge in [-0.25, -0.2) is 22.9 Å². The van der Waals surface area contributed by atoms with E-state index in [1.165, 1.54) is 21.1 Å². The van der Waals surface area contributed by atoms with Gasteiger partial charge >= 0.3 is 12.0 Å². The summed E-state index contributed by atoms with van der Waals surface area (Å²) in [5, 5.41) is 9.52. The van der Waals surface area contributed by atoms with Crippen molar-refractivity contribution >= 4 is 49.6 Å². The molecule has 29 heavy (non-hydrogen) atoms. The maximum Gasteiger partial charge on any atom is 0.350 e. The molecule has 1 saturated heterocycles. The number of anilines is 1. The number of rotatable bonds is 9. The van der Waals surface area contributed by atoms with Crippen LogP contribution in [0.1, 0.15) is 42.3 Å². The average Bonchev–Trinajstić information content (AvgIpc) is 3.41. The summed E-state index contributed by atoms with van der Waals surface area (Å²) in [6.07, 6.45) is 2.46. The van der Waals surface area contributed by atoms with Crippen LogP contribution in [-0.4, -0.2) is 61.1 Å². The van der Waals surface area contributed by atoms with Crippen molar-refractivity contribution in [3.8, 4) is 0 Å². The standard InChI is InChI=1S/C17H22N4O5S3/c1-3-4-5-6-10-29(24,25)16-19-18-15(28-16)21-13(11-20(2)17(21)23)26-14(22)12-8-7-9-27-12/h7-9,13H,3-6,10-11H2,1-2H3. The SMILES string of the molecule is CCCCCCS(=O)(=O)c1nnc(N2C(=O)N(C)CC2OC(=O)c2cccs2)s1. The number of nitrogens with zero attached hydrogens (tertiary/aromatic N) is 4. The Morgan fingerprint density at radius 3 is 2.79 bits per heavy atom. The number of aromatic nitrogens is 2. The molecule has 3 heterocycles. The molecule has 2 amide bonds. The average molecular weight is 459 g/mol. The molecule has 12 heteroatoms. The highest BCUT2D eigenvalue weighted by atomic mass is 32.2. The molecule has 9 nitrogen and oxygen atoms in total. The highest BCUT2D eigenvalue weighted by Crippen LogP contribution is 2.31. The van der Waals surface area contributed by atoms with E-state index in [9.17, 15) is 18.0 Å². The molecule has 1 unspecified atom stereocenters. The minimum Gasteiger partial charge on any atom is -0.435 e. The molecular weight excluding hydrogens is 436 g/mol. The molecule has 0 bridgehead atoms. The first-order valence-corrected chi connectivity index (χ1v) is 12.5. The maximum absolute atomic E-state index is 12.5. The molecule has 0 saturated carbocycles. The maximum atomic E-state index is 12.5. The van der Waals surface area contributed by atoms with Crippen molar-refractivity contribution in [2.75, 3.05) is 24.2 Å². The first-order chi connectivity index (χ1) is 13.8. The van der Waals surface area contributed by atoms with Crippen LogP contribution in [-0.2, 0) is 14.6 Å². The quantitative estimate of drug-likeness (QED) is 0.323. The number of ether oxygens (including phenoxy) is 1. The van der Waals surface area contributed by atoms with Gasteiger partial charge in [-0.05, 0) is 17.9 Å². The third-order valence-corrected chi connectivity index (χ3v) is 8.37. The summed E-state index contributed by atoms with van der Waals surface area (Å²) in [5.74, 6) is -0.557. The van der Waals surface area contributed by atoms with E-state index in [4.69, 9.17) is 4.74 Å². The fourth-order valence-electron chi connectivity index (χ4n) is 2.80. The van der Waals surface area contributed by atoms with E-state index in [0.29, 0.717) is 11.3 Å². The first kappa shape index (κ1) is 21.7. The van der Waals surface area contributed by atoms with Gasteiger partial charge in [0.05, 0.1) is 12.3 Å². The molecule has 3 rings (SSSR count). The van der Waals surface area contributed by atoms with Crippen molar-refractivity contribution in [2.24, 2.45) is 0 Å². The van der Waals surface area contributed by atoms with Gasteiger partial charge in [0, 0.05) is 7.05 Å². The molecule has 1 aliphatic rings. The molecule has 0 aromatic carbocycles. The van der Waals surface area contributed by atoms with Crippen molar-refractivity contribution in [1.29, 1.82) is 0 Å². The van der Waals surface area contributed by atoms with Gasteiger partial charge < -0.3 is 9.64 Å². The number of likely N-dealkylation sites (N-methyl/N-ethyl adjacent to an activating group) is 1. The predicted molar refractivity (Wildman–Crippen MR) is 110 cm³/mol. The number of carbonyl (C=O) groups is 2. The number of carbonyl (C=O) groups excluding carboxylic acids is 2. The van der Waals surface area contributed by atoms with E-state index in [2.05, 4.69) is 17.1 Å². The Morgan fingerprint density at radius 2 is 2.10 bits per heavy atom. The van der Waals surface area contributed by atoms with Crippen LogP contribution >= 0.6 is 22.7 Å². The second-order valence-electron chi connectivity index (χ2n) is 6.60. The van der Waals surface area contributed by atoms with Crippen LogP contribution in [0.2, 0.25) is 0 Å². The number of amides is 2. The summed E-state index contributed by atoms with van der Waals surface area (Å²) < 4.78 is 30.3. The number of esters is 1. The lowest BCUT2D eigenvalue weighted by Crippen LogP contribution is -2.37. The van der Waals surface area contributed by atoms with Crippen LogP contribution in [0.5, 0.6) is 0 Å². The number of hydrogen-bond acceptors (Lipinski definition) is 9. The number of unbranched alkanes of at least 4 members (excludes halogenated alkanes) is 3. The van der Waals surface area contributed by atoms with Gasteiger partial charge in [0.15, 0.2) is 0 Å². The van der Waals surface area contributed by atoms with Crippen molar-refractivity contribution < 1.29 is 22.7 Å². The summed E-state index contributed by atoms with van der Waals surface area (Å²) >= 11 is 2.05. The third-order valence-electron chi connectivity index (χ3n) is 4.35. The lowest BCUT2D eigenvalue weighted by molar-refractivity contribution is 0.0337. The number of sulfone groups is 1. The van der Waals surface area contributed by atoms with E-state index < -0.39 is 28.1 Å². The van der Waals surface area contributed by atoms with Crippen LogP contribution < -0.4 is 4.90 Å².